The van der Waals surface area contributed by atoms with Crippen molar-refractivity contribution in [3.05, 3.63) is 42.5 Å². The van der Waals surface area contributed by atoms with E-state index in [1.54, 1.807) is 12.1 Å². The van der Waals surface area contributed by atoms with Crippen LogP contribution in [0.3, 0.4) is 0 Å². The average Bonchev–Trinajstić information content (AvgIpc) is 3.52. The van der Waals surface area contributed by atoms with Gasteiger partial charge in [-0.15, -0.1) is 0 Å². The molecule has 0 bridgehead atoms. The summed E-state index contributed by atoms with van der Waals surface area (Å²) in [6, 6.07) is 7.55. The molecule has 1 saturated carbocycles. The Morgan fingerprint density at radius 1 is 1.07 bits per heavy atom. The van der Waals surface area contributed by atoms with Gasteiger partial charge in [0.1, 0.15) is 12.1 Å². The number of rotatable bonds is 6. The fraction of sp³-hybridized carbons (Fsp3) is 0.263. The van der Waals surface area contributed by atoms with Gasteiger partial charge in [0.25, 0.3) is 0 Å². The van der Waals surface area contributed by atoms with Gasteiger partial charge in [-0.05, 0) is 37.1 Å². The second-order valence-corrected chi connectivity index (χ2v) is 8.45. The minimum Gasteiger partial charge on any atom is -0.493 e. The van der Waals surface area contributed by atoms with Crippen LogP contribution in [0, 0.1) is 5.82 Å². The Balaban J connectivity index is 1.77. The maximum atomic E-state index is 14.8. The molecule has 1 fully saturated rings. The van der Waals surface area contributed by atoms with E-state index in [9.17, 15) is 12.8 Å². The number of fused-ring (bicyclic) bond motifs is 1. The summed E-state index contributed by atoms with van der Waals surface area (Å²) < 4.78 is 52.0. The summed E-state index contributed by atoms with van der Waals surface area (Å²) in [4.78, 5) is 8.44. The highest BCUT2D eigenvalue weighted by molar-refractivity contribution is 7.93. The van der Waals surface area contributed by atoms with E-state index in [4.69, 9.17) is 9.47 Å². The van der Waals surface area contributed by atoms with E-state index < -0.39 is 15.8 Å². The van der Waals surface area contributed by atoms with Gasteiger partial charge in [0.2, 0.25) is 10.0 Å². The predicted molar refractivity (Wildman–Crippen MR) is 104 cm³/mol. The first-order valence-electron chi connectivity index (χ1n) is 8.61. The SMILES string of the molecule is COc1cc2ncnc(-c3ccc(NS(=O)(=O)C4CC4)cc3F)c2cc1OC. The summed E-state index contributed by atoms with van der Waals surface area (Å²) in [6.45, 7) is 0. The van der Waals surface area contributed by atoms with E-state index >= 15 is 0 Å². The number of halogens is 1. The fourth-order valence-electron chi connectivity index (χ4n) is 2.99. The van der Waals surface area contributed by atoms with Crippen LogP contribution in [0.25, 0.3) is 22.2 Å². The largest absolute Gasteiger partial charge is 0.493 e. The van der Waals surface area contributed by atoms with Gasteiger partial charge in [-0.3, -0.25) is 4.72 Å². The highest BCUT2D eigenvalue weighted by Crippen LogP contribution is 2.36. The molecule has 4 rings (SSSR count). The van der Waals surface area contributed by atoms with E-state index in [2.05, 4.69) is 14.7 Å². The molecule has 0 unspecified atom stereocenters. The predicted octanol–water partition coefficient (Wildman–Crippen LogP) is 3.36. The summed E-state index contributed by atoms with van der Waals surface area (Å²) in [7, 11) is -0.429. The third-order valence-electron chi connectivity index (χ3n) is 4.59. The van der Waals surface area contributed by atoms with Crippen LogP contribution in [0.2, 0.25) is 0 Å². The molecule has 1 heterocycles. The molecule has 146 valence electrons. The third kappa shape index (κ3) is 3.33. The smallest absolute Gasteiger partial charge is 0.235 e. The van der Waals surface area contributed by atoms with E-state index in [1.807, 2.05) is 0 Å². The summed E-state index contributed by atoms with van der Waals surface area (Å²) in [6.07, 6.45) is 2.61. The maximum Gasteiger partial charge on any atom is 0.235 e. The topological polar surface area (TPSA) is 90.4 Å². The molecule has 2 aromatic carbocycles. The zero-order chi connectivity index (χ0) is 19.9. The van der Waals surface area contributed by atoms with Crippen LogP contribution in [0.4, 0.5) is 10.1 Å². The van der Waals surface area contributed by atoms with Crippen molar-refractivity contribution in [1.82, 2.24) is 9.97 Å². The van der Waals surface area contributed by atoms with Gasteiger partial charge >= 0.3 is 0 Å². The molecule has 28 heavy (non-hydrogen) atoms. The van der Waals surface area contributed by atoms with Crippen molar-refractivity contribution >= 4 is 26.6 Å². The summed E-state index contributed by atoms with van der Waals surface area (Å²) in [5, 5.41) is 0.203. The molecule has 0 saturated heterocycles. The normalized spacial score (nSPS) is 14.1. The Hall–Kier alpha value is -2.94. The molecule has 3 aromatic rings. The number of anilines is 1. The number of hydrogen-bond donors (Lipinski definition) is 1. The number of aromatic nitrogens is 2. The number of nitrogens with zero attached hydrogens (tertiary/aromatic N) is 2. The van der Waals surface area contributed by atoms with Gasteiger partial charge in [0.15, 0.2) is 11.5 Å². The van der Waals surface area contributed by atoms with Crippen LogP contribution in [-0.4, -0.2) is 37.9 Å². The lowest BCUT2D eigenvalue weighted by atomic mass is 10.0. The van der Waals surface area contributed by atoms with Crippen molar-refractivity contribution in [3.63, 3.8) is 0 Å². The monoisotopic (exact) mass is 403 g/mol. The average molecular weight is 403 g/mol. The molecule has 1 aliphatic rings. The Labute approximate surface area is 161 Å². The Kier molecular flexibility index (Phi) is 4.54. The quantitative estimate of drug-likeness (QED) is 0.679. The molecule has 0 aliphatic heterocycles. The Bertz CT molecular complexity index is 1160. The van der Waals surface area contributed by atoms with Gasteiger partial charge in [0, 0.05) is 17.0 Å². The van der Waals surface area contributed by atoms with Crippen LogP contribution in [-0.2, 0) is 10.0 Å². The Morgan fingerprint density at radius 3 is 2.43 bits per heavy atom. The van der Waals surface area contributed by atoms with Crippen molar-refractivity contribution in [2.75, 3.05) is 18.9 Å². The number of nitrogens with one attached hydrogen (secondary N) is 1. The van der Waals surface area contributed by atoms with Gasteiger partial charge in [-0.1, -0.05) is 0 Å². The molecule has 1 aromatic heterocycles. The first kappa shape index (κ1) is 18.4. The van der Waals surface area contributed by atoms with Crippen molar-refractivity contribution in [3.8, 4) is 22.8 Å². The lowest BCUT2D eigenvalue weighted by molar-refractivity contribution is 0.356. The summed E-state index contributed by atoms with van der Waals surface area (Å²) in [5.41, 5.74) is 1.36. The van der Waals surface area contributed by atoms with Crippen LogP contribution in [0.15, 0.2) is 36.7 Å². The van der Waals surface area contributed by atoms with Crippen LogP contribution in [0.1, 0.15) is 12.8 Å². The lowest BCUT2D eigenvalue weighted by Crippen LogP contribution is -2.17. The third-order valence-corrected chi connectivity index (χ3v) is 6.46. The molecule has 1 N–H and O–H groups in total. The zero-order valence-electron chi connectivity index (χ0n) is 15.3. The fourth-order valence-corrected chi connectivity index (χ4v) is 4.37. The number of hydrogen-bond acceptors (Lipinski definition) is 6. The van der Waals surface area contributed by atoms with Gasteiger partial charge in [0.05, 0.1) is 36.4 Å². The molecule has 0 atom stereocenters. The second-order valence-electron chi connectivity index (χ2n) is 6.49. The summed E-state index contributed by atoms with van der Waals surface area (Å²) >= 11 is 0. The van der Waals surface area contributed by atoms with Gasteiger partial charge in [-0.2, -0.15) is 0 Å². The van der Waals surface area contributed by atoms with E-state index in [0.29, 0.717) is 40.9 Å². The van der Waals surface area contributed by atoms with Crippen molar-refractivity contribution < 1.29 is 22.3 Å². The molecule has 0 amide bonds. The maximum absolute atomic E-state index is 14.8. The molecule has 9 heteroatoms. The van der Waals surface area contributed by atoms with Crippen LogP contribution in [0.5, 0.6) is 11.5 Å². The highest BCUT2D eigenvalue weighted by Gasteiger charge is 2.35. The van der Waals surface area contributed by atoms with Crippen LogP contribution < -0.4 is 14.2 Å². The highest BCUT2D eigenvalue weighted by atomic mass is 32.2. The second kappa shape index (κ2) is 6.90. The molecule has 7 nitrogen and oxygen atoms in total. The minimum absolute atomic E-state index is 0.186. The van der Waals surface area contributed by atoms with Gasteiger partial charge in [-0.25, -0.2) is 22.8 Å². The number of benzene rings is 2. The molecular formula is C19H18FN3O4S. The number of ether oxygens (including phenoxy) is 2. The standard InChI is InChI=1S/C19H18FN3O4S/c1-26-17-8-14-16(9-18(17)27-2)21-10-22-19(14)13-6-3-11(7-15(13)20)23-28(24,25)12-4-5-12/h3,6-10,12,23H,4-5H2,1-2H3. The molecular weight excluding hydrogens is 385 g/mol. The minimum atomic E-state index is -3.46. The molecule has 0 radical (unpaired) electrons. The number of sulfonamides is 1. The van der Waals surface area contributed by atoms with E-state index in [1.165, 1.54) is 32.7 Å². The van der Waals surface area contributed by atoms with Crippen molar-refractivity contribution in [2.24, 2.45) is 0 Å². The summed E-state index contributed by atoms with van der Waals surface area (Å²) in [5.74, 6) is 0.385. The van der Waals surface area contributed by atoms with E-state index in [-0.39, 0.29) is 16.5 Å². The molecule has 1 aliphatic carbocycles. The van der Waals surface area contributed by atoms with E-state index in [0.717, 1.165) is 6.07 Å². The van der Waals surface area contributed by atoms with Crippen molar-refractivity contribution in [1.29, 1.82) is 0 Å². The zero-order valence-corrected chi connectivity index (χ0v) is 16.1. The van der Waals surface area contributed by atoms with Gasteiger partial charge < -0.3 is 9.47 Å². The van der Waals surface area contributed by atoms with Crippen LogP contribution >= 0.6 is 0 Å². The molecule has 0 spiro atoms. The number of methoxy groups -OCH3 is 2. The first-order valence-corrected chi connectivity index (χ1v) is 10.2. The first-order chi connectivity index (χ1) is 13.4. The lowest BCUT2D eigenvalue weighted by Gasteiger charge is -2.12. The Morgan fingerprint density at radius 2 is 1.79 bits per heavy atom. The van der Waals surface area contributed by atoms with Crippen molar-refractivity contribution in [2.45, 2.75) is 18.1 Å².